The van der Waals surface area contributed by atoms with E-state index in [1.54, 1.807) is 4.90 Å². The average molecular weight is 408 g/mol. The van der Waals surface area contributed by atoms with Gasteiger partial charge in [0.15, 0.2) is 0 Å². The quantitative estimate of drug-likeness (QED) is 0.646. The number of carbonyl (C=O) groups is 4. The number of carbonyl (C=O) groups excluding carboxylic acids is 4. The van der Waals surface area contributed by atoms with Crippen molar-refractivity contribution in [2.24, 2.45) is 5.92 Å². The monoisotopic (exact) mass is 408 g/mol. The van der Waals surface area contributed by atoms with E-state index >= 15 is 0 Å². The third kappa shape index (κ3) is 5.26. The lowest BCUT2D eigenvalue weighted by Gasteiger charge is -2.42. The SMILES string of the molecule is COCC(=O)N1CCN(C(=O)C2CCCCC2)CC1C(=O)NC1CCCNC1=O. The summed E-state index contributed by atoms with van der Waals surface area (Å²) in [5.74, 6) is -0.789. The van der Waals surface area contributed by atoms with Gasteiger partial charge in [0.25, 0.3) is 0 Å². The summed E-state index contributed by atoms with van der Waals surface area (Å²) < 4.78 is 4.95. The normalized spacial score (nSPS) is 26.0. The van der Waals surface area contributed by atoms with Crippen molar-refractivity contribution in [1.82, 2.24) is 20.4 Å². The van der Waals surface area contributed by atoms with Gasteiger partial charge in [0.05, 0.1) is 6.54 Å². The van der Waals surface area contributed by atoms with Crippen LogP contribution in [-0.4, -0.2) is 85.4 Å². The lowest BCUT2D eigenvalue weighted by Crippen LogP contribution is -2.64. The zero-order chi connectivity index (χ0) is 20.8. The van der Waals surface area contributed by atoms with Crippen LogP contribution in [0.3, 0.4) is 0 Å². The summed E-state index contributed by atoms with van der Waals surface area (Å²) in [6.07, 6.45) is 6.42. The van der Waals surface area contributed by atoms with Crippen LogP contribution in [0.2, 0.25) is 0 Å². The number of hydrogen-bond donors (Lipinski definition) is 2. The van der Waals surface area contributed by atoms with Gasteiger partial charge in [-0.1, -0.05) is 19.3 Å². The summed E-state index contributed by atoms with van der Waals surface area (Å²) in [6, 6.07) is -1.41. The molecule has 0 spiro atoms. The standard InChI is InChI=1S/C20H32N4O5/c1-29-13-17(25)24-11-10-23(20(28)14-6-3-2-4-7-14)12-16(24)19(27)22-15-8-5-9-21-18(15)26/h14-16H,2-13H2,1H3,(H,21,26)(H,22,27). The van der Waals surface area contributed by atoms with Gasteiger partial charge in [0.1, 0.15) is 18.7 Å². The smallest absolute Gasteiger partial charge is 0.249 e. The van der Waals surface area contributed by atoms with E-state index in [0.717, 1.165) is 38.5 Å². The van der Waals surface area contributed by atoms with Crippen molar-refractivity contribution >= 4 is 23.6 Å². The summed E-state index contributed by atoms with van der Waals surface area (Å²) in [4.78, 5) is 53.7. The van der Waals surface area contributed by atoms with Crippen LogP contribution in [0.15, 0.2) is 0 Å². The number of amides is 4. The van der Waals surface area contributed by atoms with Gasteiger partial charge in [-0.15, -0.1) is 0 Å². The van der Waals surface area contributed by atoms with Gasteiger partial charge >= 0.3 is 0 Å². The number of piperidine rings is 1. The third-order valence-electron chi connectivity index (χ3n) is 6.14. The molecule has 0 aromatic rings. The van der Waals surface area contributed by atoms with Gasteiger partial charge in [-0.3, -0.25) is 19.2 Å². The van der Waals surface area contributed by atoms with Crippen molar-refractivity contribution in [1.29, 1.82) is 0 Å². The van der Waals surface area contributed by atoms with Crippen LogP contribution >= 0.6 is 0 Å². The lowest BCUT2D eigenvalue weighted by atomic mass is 9.88. The molecule has 3 rings (SSSR count). The molecule has 0 bridgehead atoms. The Kier molecular flexibility index (Phi) is 7.46. The Balaban J connectivity index is 1.70. The molecule has 2 aliphatic heterocycles. The Hall–Kier alpha value is -2.16. The largest absolute Gasteiger partial charge is 0.375 e. The highest BCUT2D eigenvalue weighted by Gasteiger charge is 2.39. The van der Waals surface area contributed by atoms with E-state index in [2.05, 4.69) is 10.6 Å². The second-order valence-electron chi connectivity index (χ2n) is 8.15. The van der Waals surface area contributed by atoms with Gasteiger partial charge in [0.2, 0.25) is 23.6 Å². The zero-order valence-electron chi connectivity index (χ0n) is 17.2. The minimum Gasteiger partial charge on any atom is -0.375 e. The highest BCUT2D eigenvalue weighted by Crippen LogP contribution is 2.26. The first-order valence-corrected chi connectivity index (χ1v) is 10.7. The molecule has 0 aromatic heterocycles. The maximum atomic E-state index is 13.0. The van der Waals surface area contributed by atoms with E-state index < -0.39 is 18.0 Å². The third-order valence-corrected chi connectivity index (χ3v) is 6.14. The van der Waals surface area contributed by atoms with E-state index in [4.69, 9.17) is 4.74 Å². The Morgan fingerprint density at radius 2 is 1.86 bits per heavy atom. The first-order valence-electron chi connectivity index (χ1n) is 10.7. The van der Waals surface area contributed by atoms with Crippen LogP contribution in [0.4, 0.5) is 0 Å². The van der Waals surface area contributed by atoms with Crippen LogP contribution in [0, 0.1) is 5.92 Å². The minimum absolute atomic E-state index is 0.0119. The number of rotatable bonds is 5. The summed E-state index contributed by atoms with van der Waals surface area (Å²) in [7, 11) is 1.43. The molecule has 2 unspecified atom stereocenters. The minimum atomic E-state index is -0.811. The van der Waals surface area contributed by atoms with Crippen molar-refractivity contribution in [3.63, 3.8) is 0 Å². The topological polar surface area (TPSA) is 108 Å². The molecule has 1 saturated carbocycles. The summed E-state index contributed by atoms with van der Waals surface area (Å²) in [5, 5.41) is 5.53. The number of ether oxygens (including phenoxy) is 1. The Morgan fingerprint density at radius 1 is 1.10 bits per heavy atom. The molecule has 2 heterocycles. The molecular weight excluding hydrogens is 376 g/mol. The second kappa shape index (κ2) is 10.0. The molecule has 2 N–H and O–H groups in total. The Labute approximate surface area is 171 Å². The van der Waals surface area contributed by atoms with Crippen LogP contribution in [0.25, 0.3) is 0 Å². The van der Waals surface area contributed by atoms with Crippen LogP contribution < -0.4 is 10.6 Å². The maximum absolute atomic E-state index is 13.0. The van der Waals surface area contributed by atoms with E-state index in [1.165, 1.54) is 12.0 Å². The van der Waals surface area contributed by atoms with Gasteiger partial charge in [0, 0.05) is 32.7 Å². The number of nitrogens with zero attached hydrogens (tertiary/aromatic N) is 2. The Morgan fingerprint density at radius 3 is 2.55 bits per heavy atom. The highest BCUT2D eigenvalue weighted by atomic mass is 16.5. The molecule has 4 amide bonds. The molecule has 162 valence electrons. The first kappa shape index (κ1) is 21.5. The fourth-order valence-electron chi connectivity index (χ4n) is 4.50. The number of hydrogen-bond acceptors (Lipinski definition) is 5. The van der Waals surface area contributed by atoms with Crippen LogP contribution in [-0.2, 0) is 23.9 Å². The summed E-state index contributed by atoms with van der Waals surface area (Å²) in [5.41, 5.74) is 0. The van der Waals surface area contributed by atoms with E-state index in [0.29, 0.717) is 19.5 Å². The second-order valence-corrected chi connectivity index (χ2v) is 8.15. The van der Waals surface area contributed by atoms with E-state index in [-0.39, 0.29) is 43.3 Å². The van der Waals surface area contributed by atoms with E-state index in [9.17, 15) is 19.2 Å². The lowest BCUT2D eigenvalue weighted by molar-refractivity contribution is -0.152. The highest BCUT2D eigenvalue weighted by molar-refractivity contribution is 5.93. The summed E-state index contributed by atoms with van der Waals surface area (Å²) in [6.45, 7) is 1.35. The molecule has 3 fully saturated rings. The maximum Gasteiger partial charge on any atom is 0.249 e. The average Bonchev–Trinajstić information content (AvgIpc) is 2.75. The first-order chi connectivity index (χ1) is 14.0. The molecule has 9 heteroatoms. The van der Waals surface area contributed by atoms with Crippen LogP contribution in [0.1, 0.15) is 44.9 Å². The van der Waals surface area contributed by atoms with E-state index in [1.807, 2.05) is 0 Å². The fourth-order valence-corrected chi connectivity index (χ4v) is 4.50. The molecule has 2 saturated heterocycles. The predicted molar refractivity (Wildman–Crippen MR) is 105 cm³/mol. The molecule has 3 aliphatic rings. The molecule has 0 aromatic carbocycles. The van der Waals surface area contributed by atoms with Gasteiger partial charge < -0.3 is 25.2 Å². The van der Waals surface area contributed by atoms with Crippen molar-refractivity contribution in [2.75, 3.05) is 39.9 Å². The number of piperazine rings is 1. The fraction of sp³-hybridized carbons (Fsp3) is 0.800. The molecular formula is C20H32N4O5. The van der Waals surface area contributed by atoms with Gasteiger partial charge in [-0.05, 0) is 25.7 Å². The predicted octanol–water partition coefficient (Wildman–Crippen LogP) is -0.353. The number of methoxy groups -OCH3 is 1. The molecule has 9 nitrogen and oxygen atoms in total. The molecule has 0 radical (unpaired) electrons. The van der Waals surface area contributed by atoms with Crippen molar-refractivity contribution in [2.45, 2.75) is 57.0 Å². The molecule has 1 aliphatic carbocycles. The van der Waals surface area contributed by atoms with Crippen molar-refractivity contribution in [3.05, 3.63) is 0 Å². The van der Waals surface area contributed by atoms with Gasteiger partial charge in [-0.2, -0.15) is 0 Å². The van der Waals surface area contributed by atoms with Crippen molar-refractivity contribution < 1.29 is 23.9 Å². The molecule has 29 heavy (non-hydrogen) atoms. The zero-order valence-corrected chi connectivity index (χ0v) is 17.2. The Bertz CT molecular complexity index is 634. The summed E-state index contributed by atoms with van der Waals surface area (Å²) >= 11 is 0. The van der Waals surface area contributed by atoms with Crippen molar-refractivity contribution in [3.8, 4) is 0 Å². The van der Waals surface area contributed by atoms with Crippen LogP contribution in [0.5, 0.6) is 0 Å². The van der Waals surface area contributed by atoms with Gasteiger partial charge in [-0.25, -0.2) is 0 Å². The number of nitrogens with one attached hydrogen (secondary N) is 2. The molecule has 2 atom stereocenters.